The van der Waals surface area contributed by atoms with Crippen LogP contribution in [0, 0.1) is 11.8 Å². The highest BCUT2D eigenvalue weighted by Gasteiger charge is 2.62. The molecule has 6 rings (SSSR count). The van der Waals surface area contributed by atoms with E-state index >= 15 is 0 Å². The summed E-state index contributed by atoms with van der Waals surface area (Å²) in [5.41, 5.74) is -0.964. The third-order valence-corrected chi connectivity index (χ3v) is 8.04. The molecule has 3 aromatic heterocycles. The molecule has 0 aromatic carbocycles. The molecule has 35 heavy (non-hydrogen) atoms. The first-order chi connectivity index (χ1) is 16.8. The summed E-state index contributed by atoms with van der Waals surface area (Å²) in [5, 5.41) is 11.9. The van der Waals surface area contributed by atoms with E-state index in [0.717, 1.165) is 50.8 Å². The summed E-state index contributed by atoms with van der Waals surface area (Å²) < 4.78 is 44.7. The average Bonchev–Trinajstić information content (AvgIpc) is 3.39. The number of alkyl halides is 3. The minimum absolute atomic E-state index is 0.154. The number of hydrogen-bond acceptors (Lipinski definition) is 6. The molecule has 0 aliphatic heterocycles. The van der Waals surface area contributed by atoms with Gasteiger partial charge in [-0.3, -0.25) is 14.8 Å². The van der Waals surface area contributed by atoms with Gasteiger partial charge in [0, 0.05) is 17.9 Å². The van der Waals surface area contributed by atoms with Gasteiger partial charge < -0.3 is 9.73 Å². The van der Waals surface area contributed by atoms with Gasteiger partial charge in [-0.2, -0.15) is 13.2 Å². The van der Waals surface area contributed by atoms with Crippen LogP contribution in [-0.2, 0) is 11.6 Å². The van der Waals surface area contributed by atoms with E-state index in [1.807, 2.05) is 0 Å². The molecule has 3 aliphatic rings. The number of fused-ring (bicyclic) bond motifs is 2. The lowest BCUT2D eigenvalue weighted by molar-refractivity contribution is -0.141. The van der Waals surface area contributed by atoms with Crippen molar-refractivity contribution in [1.82, 2.24) is 25.5 Å². The Morgan fingerprint density at radius 3 is 2.74 bits per heavy atom. The van der Waals surface area contributed by atoms with Crippen LogP contribution in [0.1, 0.15) is 67.0 Å². The van der Waals surface area contributed by atoms with Gasteiger partial charge in [-0.05, 0) is 68.2 Å². The zero-order valence-electron chi connectivity index (χ0n) is 18.9. The molecular formula is C25H24F3N5O2. The Bertz CT molecular complexity index is 1250. The number of nitrogens with one attached hydrogen (secondary N) is 1. The number of hydrogen-bond donors (Lipinski definition) is 1. The predicted octanol–water partition coefficient (Wildman–Crippen LogP) is 4.96. The van der Waals surface area contributed by atoms with Crippen molar-refractivity contribution in [1.29, 1.82) is 0 Å². The monoisotopic (exact) mass is 483 g/mol. The molecular weight excluding hydrogens is 459 g/mol. The molecule has 0 radical (unpaired) electrons. The van der Waals surface area contributed by atoms with Crippen LogP contribution in [0.2, 0.25) is 0 Å². The van der Waals surface area contributed by atoms with Gasteiger partial charge in [0.1, 0.15) is 11.4 Å². The Labute approximate surface area is 199 Å². The second-order valence-corrected chi connectivity index (χ2v) is 10.2. The maximum atomic E-state index is 13.1. The first-order valence-corrected chi connectivity index (χ1v) is 11.9. The average molecular weight is 483 g/mol. The number of nitrogens with zero attached hydrogens (tertiary/aromatic N) is 4. The quantitative estimate of drug-likeness (QED) is 0.564. The van der Waals surface area contributed by atoms with Crippen LogP contribution >= 0.6 is 0 Å². The van der Waals surface area contributed by atoms with Crippen molar-refractivity contribution >= 4 is 5.91 Å². The van der Waals surface area contributed by atoms with Gasteiger partial charge in [0.15, 0.2) is 0 Å². The third kappa shape index (κ3) is 3.79. The Balaban J connectivity index is 1.30. The van der Waals surface area contributed by atoms with E-state index < -0.39 is 11.9 Å². The number of rotatable bonds is 4. The van der Waals surface area contributed by atoms with E-state index in [1.165, 1.54) is 6.07 Å². The molecule has 4 atom stereocenters. The van der Waals surface area contributed by atoms with E-state index in [9.17, 15) is 18.0 Å². The fourth-order valence-corrected chi connectivity index (χ4v) is 6.70. The second-order valence-electron chi connectivity index (χ2n) is 10.2. The first kappa shape index (κ1) is 22.2. The second kappa shape index (κ2) is 7.86. The largest absolute Gasteiger partial charge is 0.433 e. The summed E-state index contributed by atoms with van der Waals surface area (Å²) in [4.78, 5) is 20.8. The molecule has 0 spiro atoms. The van der Waals surface area contributed by atoms with Gasteiger partial charge in [0.25, 0.3) is 5.91 Å². The highest BCUT2D eigenvalue weighted by atomic mass is 19.4. The van der Waals surface area contributed by atoms with Crippen molar-refractivity contribution in [3.63, 3.8) is 0 Å². The van der Waals surface area contributed by atoms with Crippen molar-refractivity contribution < 1.29 is 22.4 Å². The Morgan fingerprint density at radius 2 is 2.00 bits per heavy atom. The number of amides is 1. The number of carbonyl (C=O) groups is 1. The molecule has 3 saturated carbocycles. The topological polar surface area (TPSA) is 93.8 Å². The molecule has 4 unspecified atom stereocenters. The molecule has 0 saturated heterocycles. The van der Waals surface area contributed by atoms with Gasteiger partial charge in [-0.15, -0.1) is 10.2 Å². The van der Waals surface area contributed by atoms with Crippen molar-refractivity contribution in [2.75, 3.05) is 0 Å². The van der Waals surface area contributed by atoms with Crippen molar-refractivity contribution in [2.24, 2.45) is 11.8 Å². The fourth-order valence-electron chi connectivity index (χ4n) is 6.70. The van der Waals surface area contributed by atoms with Gasteiger partial charge in [-0.1, -0.05) is 18.9 Å². The number of carbonyl (C=O) groups excluding carboxylic acids is 1. The summed E-state index contributed by atoms with van der Waals surface area (Å²) in [6.07, 6.45) is 4.72. The standard InChI is InChI=1S/C25H24F3N5O2/c26-25(27,28)19-7-6-16(13-30-19)21-32-33-22(35-21)23-11-15-4-3-8-24(14-23,17(10-15)12-23)31-20(34)18-5-1-2-9-29-18/h1-2,5-7,9,13,15,17H,3-4,8,10-12,14H2,(H,31,34). The lowest BCUT2D eigenvalue weighted by atomic mass is 9.69. The molecule has 3 bridgehead atoms. The van der Waals surface area contributed by atoms with Gasteiger partial charge >= 0.3 is 6.18 Å². The molecule has 1 amide bonds. The molecule has 7 nitrogen and oxygen atoms in total. The van der Waals surface area contributed by atoms with Crippen molar-refractivity contribution in [3.8, 4) is 11.5 Å². The maximum absolute atomic E-state index is 13.1. The summed E-state index contributed by atoms with van der Waals surface area (Å²) in [6, 6.07) is 7.50. The van der Waals surface area contributed by atoms with Crippen LogP contribution in [0.4, 0.5) is 13.2 Å². The fraction of sp³-hybridized carbons (Fsp3) is 0.480. The molecule has 10 heteroatoms. The number of halogens is 3. The van der Waals surface area contributed by atoms with Crippen molar-refractivity contribution in [3.05, 3.63) is 60.0 Å². The van der Waals surface area contributed by atoms with Gasteiger partial charge in [0.2, 0.25) is 11.8 Å². The minimum atomic E-state index is -4.51. The van der Waals surface area contributed by atoms with E-state index in [2.05, 4.69) is 25.5 Å². The highest BCUT2D eigenvalue weighted by Crippen LogP contribution is 2.62. The van der Waals surface area contributed by atoms with Crippen LogP contribution in [0.25, 0.3) is 11.5 Å². The summed E-state index contributed by atoms with van der Waals surface area (Å²) in [7, 11) is 0. The highest BCUT2D eigenvalue weighted by molar-refractivity contribution is 5.92. The third-order valence-electron chi connectivity index (χ3n) is 8.04. The molecule has 3 fully saturated rings. The lowest BCUT2D eigenvalue weighted by Gasteiger charge is -2.35. The first-order valence-electron chi connectivity index (χ1n) is 11.9. The van der Waals surface area contributed by atoms with Crippen LogP contribution in [0.5, 0.6) is 0 Å². The van der Waals surface area contributed by atoms with Gasteiger partial charge in [0.05, 0.1) is 11.0 Å². The zero-order chi connectivity index (χ0) is 24.3. The van der Waals surface area contributed by atoms with E-state index in [-0.39, 0.29) is 22.8 Å². The molecule has 182 valence electrons. The Kier molecular flexibility index (Phi) is 4.98. The van der Waals surface area contributed by atoms with Crippen molar-refractivity contribution in [2.45, 2.75) is 62.1 Å². The Hall–Kier alpha value is -3.30. The van der Waals surface area contributed by atoms with Crippen LogP contribution < -0.4 is 5.32 Å². The smallest absolute Gasteiger partial charge is 0.420 e. The number of pyridine rings is 2. The predicted molar refractivity (Wildman–Crippen MR) is 118 cm³/mol. The molecule has 3 aromatic rings. The van der Waals surface area contributed by atoms with Crippen LogP contribution in [0.15, 0.2) is 47.1 Å². The number of aromatic nitrogens is 4. The molecule has 1 N–H and O–H groups in total. The zero-order valence-corrected chi connectivity index (χ0v) is 18.9. The van der Waals surface area contributed by atoms with E-state index in [0.29, 0.717) is 35.4 Å². The summed E-state index contributed by atoms with van der Waals surface area (Å²) >= 11 is 0. The van der Waals surface area contributed by atoms with Crippen LogP contribution in [0.3, 0.4) is 0 Å². The maximum Gasteiger partial charge on any atom is 0.433 e. The van der Waals surface area contributed by atoms with E-state index in [4.69, 9.17) is 4.42 Å². The Morgan fingerprint density at radius 1 is 1.11 bits per heavy atom. The lowest BCUT2D eigenvalue weighted by Crippen LogP contribution is -2.51. The summed E-state index contributed by atoms with van der Waals surface area (Å²) in [5.74, 6) is 1.28. The minimum Gasteiger partial charge on any atom is -0.420 e. The van der Waals surface area contributed by atoms with E-state index in [1.54, 1.807) is 24.4 Å². The molecule has 3 aliphatic carbocycles. The van der Waals surface area contributed by atoms with Crippen LogP contribution in [-0.4, -0.2) is 31.6 Å². The SMILES string of the molecule is O=C(NC12CCCC3CC1CC(c1nnc(-c4ccc(C(F)(F)F)nc4)o1)(C3)C2)c1ccccn1. The summed E-state index contributed by atoms with van der Waals surface area (Å²) in [6.45, 7) is 0. The normalized spacial score (nSPS) is 29.7. The van der Waals surface area contributed by atoms with Gasteiger partial charge in [-0.25, -0.2) is 0 Å². The molecule has 3 heterocycles.